The average Bonchev–Trinajstić information content (AvgIpc) is 3.29. The number of aromatic nitrogens is 4. The molecule has 0 radical (unpaired) electrons. The molecular weight excluding hydrogens is 418 g/mol. The van der Waals surface area contributed by atoms with Crippen LogP contribution in [-0.2, 0) is 37.4 Å². The molecule has 0 fully saturated rings. The fourth-order valence-corrected chi connectivity index (χ4v) is 4.47. The molecule has 0 saturated carbocycles. The number of hydrogen-bond donors (Lipinski definition) is 0. The predicted octanol–water partition coefficient (Wildman–Crippen LogP) is 2.01. The summed E-state index contributed by atoms with van der Waals surface area (Å²) in [5.74, 6) is -0.239. The van der Waals surface area contributed by atoms with E-state index in [9.17, 15) is 14.4 Å². The zero-order valence-corrected chi connectivity index (χ0v) is 18.5. The predicted molar refractivity (Wildman–Crippen MR) is 125 cm³/mol. The zero-order valence-electron chi connectivity index (χ0n) is 18.5. The lowest BCUT2D eigenvalue weighted by Crippen LogP contribution is -2.46. The largest absolute Gasteiger partial charge is 0.336 e. The minimum atomic E-state index is -0.525. The van der Waals surface area contributed by atoms with Gasteiger partial charge in [0.05, 0.1) is 12.9 Å². The van der Waals surface area contributed by atoms with Crippen molar-refractivity contribution < 1.29 is 4.79 Å². The standard InChI is InChI=1S/C25H25N5O3/c1-2-27-17-26-23-22(27)24(32)30(25(33)29(23)14-18-8-4-3-5-9-18)16-21(31)28-13-12-19-10-6-7-11-20(19)15-28/h3-11,17H,2,12-16H2,1H3. The molecule has 1 amide bonds. The number of nitrogens with zero attached hydrogens (tertiary/aromatic N) is 5. The molecule has 0 unspecified atom stereocenters. The van der Waals surface area contributed by atoms with Gasteiger partial charge in [-0.3, -0.25) is 14.2 Å². The molecule has 168 valence electrons. The monoisotopic (exact) mass is 443 g/mol. The molecular formula is C25H25N5O3. The number of hydrogen-bond acceptors (Lipinski definition) is 4. The van der Waals surface area contributed by atoms with Crippen molar-refractivity contribution in [2.45, 2.75) is 39.5 Å². The van der Waals surface area contributed by atoms with E-state index in [-0.39, 0.29) is 19.0 Å². The molecule has 33 heavy (non-hydrogen) atoms. The van der Waals surface area contributed by atoms with Crippen LogP contribution in [0.4, 0.5) is 0 Å². The summed E-state index contributed by atoms with van der Waals surface area (Å²) in [7, 11) is 0. The highest BCUT2D eigenvalue weighted by atomic mass is 16.2. The van der Waals surface area contributed by atoms with Gasteiger partial charge in [-0.1, -0.05) is 54.6 Å². The first-order valence-corrected chi connectivity index (χ1v) is 11.1. The van der Waals surface area contributed by atoms with Gasteiger partial charge in [0.25, 0.3) is 5.56 Å². The van der Waals surface area contributed by atoms with Gasteiger partial charge in [-0.05, 0) is 30.0 Å². The van der Waals surface area contributed by atoms with Gasteiger partial charge >= 0.3 is 5.69 Å². The summed E-state index contributed by atoms with van der Waals surface area (Å²) in [4.78, 5) is 46.0. The van der Waals surface area contributed by atoms with Crippen molar-refractivity contribution in [1.29, 1.82) is 0 Å². The van der Waals surface area contributed by atoms with Gasteiger partial charge in [0.1, 0.15) is 6.54 Å². The van der Waals surface area contributed by atoms with Crippen LogP contribution in [0.25, 0.3) is 11.2 Å². The number of amides is 1. The van der Waals surface area contributed by atoms with E-state index in [2.05, 4.69) is 11.1 Å². The molecule has 2 aromatic heterocycles. The van der Waals surface area contributed by atoms with Crippen LogP contribution in [0.15, 0.2) is 70.5 Å². The SMILES string of the molecule is CCn1cnc2c1c(=O)n(CC(=O)N1CCc3ccccc3C1)c(=O)n2Cc1ccccc1. The third-order valence-electron chi connectivity index (χ3n) is 6.28. The first-order chi connectivity index (χ1) is 16.1. The number of carbonyl (C=O) groups is 1. The number of benzene rings is 2. The molecule has 8 heteroatoms. The minimum Gasteiger partial charge on any atom is -0.336 e. The van der Waals surface area contributed by atoms with E-state index >= 15 is 0 Å². The van der Waals surface area contributed by atoms with Crippen LogP contribution in [0, 0.1) is 0 Å². The summed E-state index contributed by atoms with van der Waals surface area (Å²) >= 11 is 0. The smallest absolute Gasteiger partial charge is 0.333 e. The first-order valence-electron chi connectivity index (χ1n) is 11.1. The maximum atomic E-state index is 13.4. The number of fused-ring (bicyclic) bond motifs is 2. The molecule has 0 N–H and O–H groups in total. The molecule has 5 rings (SSSR count). The van der Waals surface area contributed by atoms with E-state index in [0.29, 0.717) is 30.8 Å². The average molecular weight is 444 g/mol. The highest BCUT2D eigenvalue weighted by Crippen LogP contribution is 2.18. The van der Waals surface area contributed by atoms with Crippen LogP contribution in [0.5, 0.6) is 0 Å². The molecule has 0 saturated heterocycles. The van der Waals surface area contributed by atoms with Crippen molar-refractivity contribution in [3.05, 3.63) is 98.5 Å². The Labute approximate surface area is 190 Å². The molecule has 0 spiro atoms. The van der Waals surface area contributed by atoms with Gasteiger partial charge in [0.2, 0.25) is 5.91 Å². The highest BCUT2D eigenvalue weighted by molar-refractivity contribution is 5.77. The Kier molecular flexibility index (Phi) is 5.42. The fraction of sp³-hybridized carbons (Fsp3) is 0.280. The van der Waals surface area contributed by atoms with Crippen LogP contribution >= 0.6 is 0 Å². The first kappa shape index (κ1) is 20.9. The summed E-state index contributed by atoms with van der Waals surface area (Å²) in [6, 6.07) is 17.6. The normalized spacial score (nSPS) is 13.3. The summed E-state index contributed by atoms with van der Waals surface area (Å²) in [6.45, 7) is 3.47. The van der Waals surface area contributed by atoms with E-state index in [4.69, 9.17) is 0 Å². The van der Waals surface area contributed by atoms with Crippen LogP contribution in [0.2, 0.25) is 0 Å². The Morgan fingerprint density at radius 1 is 0.970 bits per heavy atom. The Morgan fingerprint density at radius 3 is 2.45 bits per heavy atom. The second kappa shape index (κ2) is 8.54. The van der Waals surface area contributed by atoms with E-state index in [1.165, 1.54) is 10.1 Å². The van der Waals surface area contributed by atoms with Gasteiger partial charge in [0, 0.05) is 19.6 Å². The molecule has 1 aliphatic heterocycles. The van der Waals surface area contributed by atoms with Gasteiger partial charge in [-0.15, -0.1) is 0 Å². The van der Waals surface area contributed by atoms with E-state index in [1.54, 1.807) is 15.8 Å². The lowest BCUT2D eigenvalue weighted by Gasteiger charge is -2.29. The second-order valence-corrected chi connectivity index (χ2v) is 8.28. The van der Waals surface area contributed by atoms with Crippen molar-refractivity contribution in [3.63, 3.8) is 0 Å². The maximum Gasteiger partial charge on any atom is 0.333 e. The molecule has 1 aliphatic rings. The number of carbonyl (C=O) groups excluding carboxylic acids is 1. The third kappa shape index (κ3) is 3.77. The molecule has 0 aliphatic carbocycles. The molecule has 4 aromatic rings. The molecule has 8 nitrogen and oxygen atoms in total. The molecule has 3 heterocycles. The van der Waals surface area contributed by atoms with Gasteiger partial charge < -0.3 is 9.47 Å². The third-order valence-corrected chi connectivity index (χ3v) is 6.28. The Bertz CT molecular complexity index is 1450. The molecule has 0 atom stereocenters. The van der Waals surface area contributed by atoms with Crippen LogP contribution in [0.3, 0.4) is 0 Å². The quantitative estimate of drug-likeness (QED) is 0.473. The van der Waals surface area contributed by atoms with Crippen molar-refractivity contribution in [1.82, 2.24) is 23.6 Å². The molecule has 0 bridgehead atoms. The summed E-state index contributed by atoms with van der Waals surface area (Å²) < 4.78 is 4.26. The van der Waals surface area contributed by atoms with E-state index in [1.807, 2.05) is 55.5 Å². The van der Waals surface area contributed by atoms with Crippen LogP contribution in [-0.4, -0.2) is 36.0 Å². The maximum absolute atomic E-state index is 13.4. The Morgan fingerprint density at radius 2 is 1.70 bits per heavy atom. The second-order valence-electron chi connectivity index (χ2n) is 8.28. The number of imidazole rings is 1. The highest BCUT2D eigenvalue weighted by Gasteiger charge is 2.24. The lowest BCUT2D eigenvalue weighted by molar-refractivity contribution is -0.132. The van der Waals surface area contributed by atoms with Crippen molar-refractivity contribution in [3.8, 4) is 0 Å². The zero-order chi connectivity index (χ0) is 22.9. The Balaban J connectivity index is 1.54. The fourth-order valence-electron chi connectivity index (χ4n) is 4.47. The van der Waals surface area contributed by atoms with Gasteiger partial charge in [-0.2, -0.15) is 0 Å². The van der Waals surface area contributed by atoms with E-state index in [0.717, 1.165) is 22.1 Å². The molecule has 2 aromatic carbocycles. The van der Waals surface area contributed by atoms with Crippen LogP contribution < -0.4 is 11.2 Å². The van der Waals surface area contributed by atoms with Gasteiger partial charge in [-0.25, -0.2) is 14.3 Å². The lowest BCUT2D eigenvalue weighted by atomic mass is 10.00. The summed E-state index contributed by atoms with van der Waals surface area (Å²) in [5.41, 5.74) is 2.92. The van der Waals surface area contributed by atoms with Crippen LogP contribution in [0.1, 0.15) is 23.6 Å². The van der Waals surface area contributed by atoms with E-state index < -0.39 is 11.2 Å². The minimum absolute atomic E-state index is 0.239. The topological polar surface area (TPSA) is 82.1 Å². The summed E-state index contributed by atoms with van der Waals surface area (Å²) in [5, 5.41) is 0. The van der Waals surface area contributed by atoms with Crippen molar-refractivity contribution >= 4 is 17.1 Å². The van der Waals surface area contributed by atoms with Crippen molar-refractivity contribution in [2.24, 2.45) is 0 Å². The number of rotatable bonds is 5. The Hall–Kier alpha value is -3.94. The summed E-state index contributed by atoms with van der Waals surface area (Å²) in [6.07, 6.45) is 2.33. The van der Waals surface area contributed by atoms with Crippen molar-refractivity contribution in [2.75, 3.05) is 6.54 Å². The number of aryl methyl sites for hydroxylation is 1. The van der Waals surface area contributed by atoms with Gasteiger partial charge in [0.15, 0.2) is 11.2 Å².